The lowest BCUT2D eigenvalue weighted by Crippen LogP contribution is -1.92. The van der Waals surface area contributed by atoms with Gasteiger partial charge in [0, 0.05) is 10.0 Å². The fraction of sp³-hybridized carbons (Fsp3) is 0. The van der Waals surface area contributed by atoms with Crippen LogP contribution in [0.4, 0.5) is 0 Å². The molecule has 2 rings (SSSR count). The molecule has 0 saturated carbocycles. The van der Waals surface area contributed by atoms with E-state index in [9.17, 15) is 4.79 Å². The van der Waals surface area contributed by atoms with Crippen molar-refractivity contribution in [2.75, 3.05) is 0 Å². The zero-order chi connectivity index (χ0) is 12.1. The van der Waals surface area contributed by atoms with Gasteiger partial charge in [0.05, 0.1) is 0 Å². The van der Waals surface area contributed by atoms with Crippen molar-refractivity contribution in [3.8, 4) is 0 Å². The summed E-state index contributed by atoms with van der Waals surface area (Å²) < 4.78 is 0.983. The third-order valence-corrected chi connectivity index (χ3v) is 3.10. The van der Waals surface area contributed by atoms with Gasteiger partial charge in [-0.1, -0.05) is 64.5 Å². The molecule has 0 aliphatic carbocycles. The molecule has 0 N–H and O–H groups in total. The van der Waals surface area contributed by atoms with Crippen molar-refractivity contribution in [3.05, 3.63) is 76.3 Å². The first-order chi connectivity index (χ1) is 8.27. The van der Waals surface area contributed by atoms with Gasteiger partial charge in [-0.2, -0.15) is 0 Å². The summed E-state index contributed by atoms with van der Waals surface area (Å²) in [5, 5.41) is 0. The Kier molecular flexibility index (Phi) is 8.89. The van der Waals surface area contributed by atoms with Crippen molar-refractivity contribution in [3.63, 3.8) is 0 Å². The highest BCUT2D eigenvalue weighted by molar-refractivity contribution is 9.10. The molecular weight excluding hydrogens is 436 g/mol. The minimum Gasteiger partial charge on any atom is -0.289 e. The summed E-state index contributed by atoms with van der Waals surface area (Å²) in [4.78, 5) is 11.8. The molecule has 1 nitrogen and oxygen atoms in total. The highest BCUT2D eigenvalue weighted by Gasteiger charge is 2.00. The minimum absolute atomic E-state index is 0. The monoisotopic (exact) mass is 446 g/mol. The molecule has 100 valence electrons. The van der Waals surface area contributed by atoms with Crippen LogP contribution in [0.25, 0.3) is 6.08 Å². The maximum Gasteiger partial charge on any atom is 0.185 e. The number of hydrogen-bond acceptors (Lipinski definition) is 1. The van der Waals surface area contributed by atoms with E-state index in [1.807, 2.05) is 60.7 Å². The summed E-state index contributed by atoms with van der Waals surface area (Å²) in [5.74, 6) is 0.0151. The van der Waals surface area contributed by atoms with Crippen molar-refractivity contribution < 1.29 is 4.79 Å². The first kappa shape index (κ1) is 18.3. The van der Waals surface area contributed by atoms with Crippen LogP contribution in [-0.2, 0) is 0 Å². The third kappa shape index (κ3) is 5.43. The van der Waals surface area contributed by atoms with Crippen LogP contribution in [0.5, 0.6) is 0 Å². The van der Waals surface area contributed by atoms with Crippen LogP contribution in [0.15, 0.2) is 65.1 Å². The van der Waals surface area contributed by atoms with Crippen LogP contribution in [0.3, 0.4) is 0 Å². The van der Waals surface area contributed by atoms with Gasteiger partial charge in [0.25, 0.3) is 0 Å². The SMILES string of the molecule is Br.Br.O=C(C=Cc1ccccc1Br)c1ccccc1. The lowest BCUT2D eigenvalue weighted by Gasteiger charge is -1.97. The van der Waals surface area contributed by atoms with Crippen molar-refractivity contribution in [1.29, 1.82) is 0 Å². The van der Waals surface area contributed by atoms with Gasteiger partial charge in [-0.25, -0.2) is 0 Å². The summed E-state index contributed by atoms with van der Waals surface area (Å²) in [6, 6.07) is 17.0. The molecule has 0 saturated heterocycles. The molecule has 0 spiro atoms. The molecular formula is C15H13Br3O. The topological polar surface area (TPSA) is 17.1 Å². The number of hydrogen-bond donors (Lipinski definition) is 0. The van der Waals surface area contributed by atoms with E-state index in [-0.39, 0.29) is 39.7 Å². The summed E-state index contributed by atoms with van der Waals surface area (Å²) in [6.45, 7) is 0. The maximum atomic E-state index is 11.8. The third-order valence-electron chi connectivity index (χ3n) is 2.38. The Morgan fingerprint density at radius 2 is 1.47 bits per heavy atom. The van der Waals surface area contributed by atoms with Crippen LogP contribution < -0.4 is 0 Å². The Labute approximate surface area is 142 Å². The second-order valence-electron chi connectivity index (χ2n) is 3.59. The molecule has 0 aliphatic rings. The van der Waals surface area contributed by atoms with Gasteiger partial charge in [-0.15, -0.1) is 34.0 Å². The van der Waals surface area contributed by atoms with Crippen molar-refractivity contribution in [1.82, 2.24) is 0 Å². The molecule has 0 aromatic heterocycles. The summed E-state index contributed by atoms with van der Waals surface area (Å²) >= 11 is 3.44. The Balaban J connectivity index is 0.00000162. The molecule has 4 heteroatoms. The zero-order valence-corrected chi connectivity index (χ0v) is 15.0. The standard InChI is InChI=1S/C15H11BrO.2BrH/c16-14-9-5-4-6-12(14)10-11-15(17)13-7-2-1-3-8-13;;/h1-11H;2*1H. The molecule has 0 atom stereocenters. The van der Waals surface area contributed by atoms with E-state index in [4.69, 9.17) is 0 Å². The highest BCUT2D eigenvalue weighted by atomic mass is 79.9. The second-order valence-corrected chi connectivity index (χ2v) is 4.44. The van der Waals surface area contributed by atoms with Gasteiger partial charge in [0.2, 0.25) is 0 Å². The van der Waals surface area contributed by atoms with Gasteiger partial charge >= 0.3 is 0 Å². The summed E-state index contributed by atoms with van der Waals surface area (Å²) in [7, 11) is 0. The van der Waals surface area contributed by atoms with E-state index in [0.717, 1.165) is 10.0 Å². The molecule has 0 heterocycles. The molecule has 0 unspecified atom stereocenters. The van der Waals surface area contributed by atoms with Gasteiger partial charge in [-0.05, 0) is 23.8 Å². The van der Waals surface area contributed by atoms with Gasteiger partial charge in [-0.3, -0.25) is 4.79 Å². The fourth-order valence-electron chi connectivity index (χ4n) is 1.47. The lowest BCUT2D eigenvalue weighted by atomic mass is 10.1. The quantitative estimate of drug-likeness (QED) is 0.447. The number of rotatable bonds is 3. The molecule has 0 aliphatic heterocycles. The number of ketones is 1. The Morgan fingerprint density at radius 1 is 0.895 bits per heavy atom. The molecule has 0 radical (unpaired) electrons. The number of halogens is 3. The number of allylic oxidation sites excluding steroid dienone is 1. The van der Waals surface area contributed by atoms with Crippen molar-refractivity contribution >= 4 is 61.8 Å². The largest absolute Gasteiger partial charge is 0.289 e. The average Bonchev–Trinajstić information content (AvgIpc) is 2.38. The molecule has 0 amide bonds. The van der Waals surface area contributed by atoms with Crippen LogP contribution in [0.1, 0.15) is 15.9 Å². The Hall–Kier alpha value is -0.710. The van der Waals surface area contributed by atoms with E-state index >= 15 is 0 Å². The number of carbonyl (C=O) groups excluding carboxylic acids is 1. The fourth-order valence-corrected chi connectivity index (χ4v) is 1.89. The smallest absolute Gasteiger partial charge is 0.185 e. The van der Waals surface area contributed by atoms with Gasteiger partial charge in [0.15, 0.2) is 5.78 Å². The molecule has 2 aromatic carbocycles. The van der Waals surface area contributed by atoms with Crippen molar-refractivity contribution in [2.45, 2.75) is 0 Å². The van der Waals surface area contributed by atoms with Crippen LogP contribution in [0, 0.1) is 0 Å². The van der Waals surface area contributed by atoms with Crippen LogP contribution in [-0.4, -0.2) is 5.78 Å². The van der Waals surface area contributed by atoms with Crippen LogP contribution in [0.2, 0.25) is 0 Å². The normalized spacial score (nSPS) is 9.53. The van der Waals surface area contributed by atoms with Crippen LogP contribution >= 0.6 is 49.9 Å². The predicted molar refractivity (Wildman–Crippen MR) is 94.6 cm³/mol. The predicted octanol–water partition coefficient (Wildman–Crippen LogP) is 5.50. The summed E-state index contributed by atoms with van der Waals surface area (Å²) in [6.07, 6.45) is 3.41. The van der Waals surface area contributed by atoms with Gasteiger partial charge < -0.3 is 0 Å². The Morgan fingerprint density at radius 3 is 2.11 bits per heavy atom. The molecule has 19 heavy (non-hydrogen) atoms. The zero-order valence-electron chi connectivity index (χ0n) is 9.95. The van der Waals surface area contributed by atoms with E-state index < -0.39 is 0 Å². The molecule has 2 aromatic rings. The van der Waals surface area contributed by atoms with E-state index in [1.165, 1.54) is 0 Å². The molecule has 0 fully saturated rings. The van der Waals surface area contributed by atoms with Gasteiger partial charge in [0.1, 0.15) is 0 Å². The maximum absolute atomic E-state index is 11.8. The first-order valence-corrected chi connectivity index (χ1v) is 6.08. The average molecular weight is 449 g/mol. The Bertz CT molecular complexity index is 550. The first-order valence-electron chi connectivity index (χ1n) is 5.29. The lowest BCUT2D eigenvalue weighted by molar-refractivity contribution is 0.104. The second kappa shape index (κ2) is 9.23. The minimum atomic E-state index is 0. The van der Waals surface area contributed by atoms with E-state index in [2.05, 4.69) is 15.9 Å². The summed E-state index contributed by atoms with van der Waals surface area (Å²) in [5.41, 5.74) is 1.70. The number of carbonyl (C=O) groups is 1. The van der Waals surface area contributed by atoms with Crippen molar-refractivity contribution in [2.24, 2.45) is 0 Å². The highest BCUT2D eigenvalue weighted by Crippen LogP contribution is 2.17. The van der Waals surface area contributed by atoms with E-state index in [1.54, 1.807) is 6.08 Å². The van der Waals surface area contributed by atoms with E-state index in [0.29, 0.717) is 5.56 Å². The molecule has 0 bridgehead atoms. The number of benzene rings is 2.